The van der Waals surface area contributed by atoms with Gasteiger partial charge in [0.1, 0.15) is 5.65 Å². The van der Waals surface area contributed by atoms with Gasteiger partial charge in [-0.15, -0.1) is 0 Å². The molecule has 1 amide bonds. The van der Waals surface area contributed by atoms with Gasteiger partial charge in [-0.1, -0.05) is 6.07 Å². The molecule has 2 N–H and O–H groups in total. The largest absolute Gasteiger partial charge is 0.493 e. The lowest BCUT2D eigenvalue weighted by Gasteiger charge is -2.09. The number of methoxy groups -OCH3 is 2. The number of rotatable bonds is 8. The van der Waals surface area contributed by atoms with Gasteiger partial charge in [0.25, 0.3) is 0 Å². The van der Waals surface area contributed by atoms with Gasteiger partial charge in [-0.05, 0) is 35.9 Å². The monoisotopic (exact) mass is 492 g/mol. The molecule has 0 aliphatic rings. The van der Waals surface area contributed by atoms with Gasteiger partial charge in [0, 0.05) is 65.7 Å². The van der Waals surface area contributed by atoms with Crippen molar-refractivity contribution in [3.63, 3.8) is 0 Å². The number of pyridine rings is 2. The number of amides is 1. The van der Waals surface area contributed by atoms with E-state index in [0.717, 1.165) is 22.8 Å². The van der Waals surface area contributed by atoms with Crippen molar-refractivity contribution in [2.45, 2.75) is 11.4 Å². The van der Waals surface area contributed by atoms with Gasteiger partial charge in [-0.25, -0.2) is 13.4 Å². The molecule has 3 heterocycles. The molecule has 0 atom stereocenters. The van der Waals surface area contributed by atoms with E-state index in [4.69, 9.17) is 9.47 Å². The standard InChI is InChI=1S/C25H24N4O5S/c1-33-22-6-4-16(8-23(22)34-2)11-27-24(30)7-5-17-13-28-25-21(17)10-19(14-29-25)18-9-20(15-26-12-18)35(3,31)32/h4-10,12-15H,11H2,1-3H3,(H,27,30)(H,28,29)/b7-5+. The van der Waals surface area contributed by atoms with Crippen LogP contribution in [0, 0.1) is 0 Å². The first kappa shape index (κ1) is 24.0. The summed E-state index contributed by atoms with van der Waals surface area (Å²) in [5.41, 5.74) is 3.62. The molecule has 1 aromatic carbocycles. The first-order chi connectivity index (χ1) is 16.8. The first-order valence-corrected chi connectivity index (χ1v) is 12.5. The van der Waals surface area contributed by atoms with Crippen LogP contribution in [0.5, 0.6) is 11.5 Å². The molecule has 0 fully saturated rings. The maximum atomic E-state index is 12.4. The number of H-pyrrole nitrogens is 1. The Morgan fingerprint density at radius 2 is 1.83 bits per heavy atom. The van der Waals surface area contributed by atoms with Gasteiger partial charge >= 0.3 is 0 Å². The van der Waals surface area contributed by atoms with E-state index in [2.05, 4.69) is 20.3 Å². The first-order valence-electron chi connectivity index (χ1n) is 10.6. The molecular formula is C25H24N4O5S. The predicted octanol–water partition coefficient (Wildman–Crippen LogP) is 3.38. The van der Waals surface area contributed by atoms with Crippen LogP contribution >= 0.6 is 0 Å². The number of hydrogen-bond acceptors (Lipinski definition) is 7. The maximum Gasteiger partial charge on any atom is 0.244 e. The molecular weight excluding hydrogens is 468 g/mol. The van der Waals surface area contributed by atoms with Crippen LogP contribution in [0.4, 0.5) is 0 Å². The Morgan fingerprint density at radius 3 is 2.57 bits per heavy atom. The van der Waals surface area contributed by atoms with E-state index < -0.39 is 9.84 Å². The lowest BCUT2D eigenvalue weighted by atomic mass is 10.1. The number of aromatic nitrogens is 3. The lowest BCUT2D eigenvalue weighted by molar-refractivity contribution is -0.116. The molecule has 10 heteroatoms. The molecule has 0 aliphatic carbocycles. The number of ether oxygens (including phenoxy) is 2. The zero-order valence-corrected chi connectivity index (χ0v) is 20.2. The Morgan fingerprint density at radius 1 is 1.06 bits per heavy atom. The summed E-state index contributed by atoms with van der Waals surface area (Å²) in [7, 11) is -0.257. The van der Waals surface area contributed by atoms with Gasteiger partial charge in [0.2, 0.25) is 5.91 Å². The second-order valence-corrected chi connectivity index (χ2v) is 9.80. The highest BCUT2D eigenvalue weighted by atomic mass is 32.2. The summed E-state index contributed by atoms with van der Waals surface area (Å²) in [5, 5.41) is 3.63. The Labute approximate surface area is 202 Å². The van der Waals surface area contributed by atoms with E-state index in [0.29, 0.717) is 34.8 Å². The van der Waals surface area contributed by atoms with Crippen LogP contribution < -0.4 is 14.8 Å². The summed E-state index contributed by atoms with van der Waals surface area (Å²) in [4.78, 5) is 24.1. The van der Waals surface area contributed by atoms with Crippen LogP contribution in [0.25, 0.3) is 28.2 Å². The number of carbonyl (C=O) groups excluding carboxylic acids is 1. The predicted molar refractivity (Wildman–Crippen MR) is 133 cm³/mol. The summed E-state index contributed by atoms with van der Waals surface area (Å²) in [6.45, 7) is 0.326. The minimum atomic E-state index is -3.38. The van der Waals surface area contributed by atoms with Crippen molar-refractivity contribution in [1.29, 1.82) is 0 Å². The Balaban J connectivity index is 1.51. The van der Waals surface area contributed by atoms with Crippen LogP contribution in [-0.4, -0.2) is 49.8 Å². The summed E-state index contributed by atoms with van der Waals surface area (Å²) < 4.78 is 34.3. The third-order valence-corrected chi connectivity index (χ3v) is 6.45. The van der Waals surface area contributed by atoms with Gasteiger partial charge in [0.05, 0.1) is 19.1 Å². The average molecular weight is 493 g/mol. The molecule has 9 nitrogen and oxygen atoms in total. The number of aromatic amines is 1. The molecule has 4 aromatic rings. The number of hydrogen-bond donors (Lipinski definition) is 2. The van der Waals surface area contributed by atoms with E-state index in [9.17, 15) is 13.2 Å². The molecule has 180 valence electrons. The third-order valence-electron chi connectivity index (χ3n) is 5.37. The van der Waals surface area contributed by atoms with E-state index in [1.807, 2.05) is 18.2 Å². The van der Waals surface area contributed by atoms with Crippen LogP contribution in [0.15, 0.2) is 66.1 Å². The van der Waals surface area contributed by atoms with Gasteiger partial charge in [0.15, 0.2) is 21.3 Å². The normalized spacial score (nSPS) is 11.6. The molecule has 0 bridgehead atoms. The van der Waals surface area contributed by atoms with Crippen molar-refractivity contribution >= 4 is 32.9 Å². The van der Waals surface area contributed by atoms with Crippen LogP contribution in [-0.2, 0) is 21.2 Å². The molecule has 35 heavy (non-hydrogen) atoms. The minimum Gasteiger partial charge on any atom is -0.493 e. The molecule has 3 aromatic heterocycles. The van der Waals surface area contributed by atoms with Crippen molar-refractivity contribution in [3.05, 3.63) is 72.3 Å². The van der Waals surface area contributed by atoms with E-state index in [1.165, 1.54) is 12.3 Å². The van der Waals surface area contributed by atoms with Crippen molar-refractivity contribution < 1.29 is 22.7 Å². The SMILES string of the molecule is COc1ccc(CNC(=O)/C=C/c2c[nH]c3ncc(-c4cncc(S(C)(=O)=O)c4)cc23)cc1OC. The Bertz CT molecular complexity index is 1530. The fourth-order valence-electron chi connectivity index (χ4n) is 3.50. The highest BCUT2D eigenvalue weighted by Crippen LogP contribution is 2.28. The molecule has 0 unspecified atom stereocenters. The minimum absolute atomic E-state index is 0.135. The molecule has 0 radical (unpaired) electrons. The second kappa shape index (κ2) is 9.98. The number of carbonyl (C=O) groups is 1. The second-order valence-electron chi connectivity index (χ2n) is 7.79. The van der Waals surface area contributed by atoms with Crippen LogP contribution in [0.3, 0.4) is 0 Å². The number of benzene rings is 1. The summed E-state index contributed by atoms with van der Waals surface area (Å²) in [6.07, 6.45) is 10.6. The van der Waals surface area contributed by atoms with E-state index >= 15 is 0 Å². The van der Waals surface area contributed by atoms with Crippen LogP contribution in [0.1, 0.15) is 11.1 Å². The highest BCUT2D eigenvalue weighted by molar-refractivity contribution is 7.90. The van der Waals surface area contributed by atoms with Crippen molar-refractivity contribution in [1.82, 2.24) is 20.3 Å². The number of nitrogens with one attached hydrogen (secondary N) is 2. The highest BCUT2D eigenvalue weighted by Gasteiger charge is 2.11. The number of nitrogens with zero attached hydrogens (tertiary/aromatic N) is 2. The number of sulfone groups is 1. The van der Waals surface area contributed by atoms with Crippen molar-refractivity contribution in [2.24, 2.45) is 0 Å². The zero-order chi connectivity index (χ0) is 25.0. The van der Waals surface area contributed by atoms with Crippen molar-refractivity contribution in [3.8, 4) is 22.6 Å². The molecule has 0 saturated heterocycles. The Kier molecular flexibility index (Phi) is 6.83. The summed E-state index contributed by atoms with van der Waals surface area (Å²) in [6, 6.07) is 8.89. The summed E-state index contributed by atoms with van der Waals surface area (Å²) in [5.74, 6) is 0.950. The Hall–Kier alpha value is -4.18. The number of fused-ring (bicyclic) bond motifs is 1. The lowest BCUT2D eigenvalue weighted by Crippen LogP contribution is -2.20. The molecule has 0 aliphatic heterocycles. The van der Waals surface area contributed by atoms with Crippen LogP contribution in [0.2, 0.25) is 0 Å². The fourth-order valence-corrected chi connectivity index (χ4v) is 4.10. The fraction of sp³-hybridized carbons (Fsp3) is 0.160. The summed E-state index contributed by atoms with van der Waals surface area (Å²) >= 11 is 0. The zero-order valence-electron chi connectivity index (χ0n) is 19.4. The molecule has 0 saturated carbocycles. The van der Waals surface area contributed by atoms with Gasteiger partial charge < -0.3 is 19.8 Å². The maximum absolute atomic E-state index is 12.4. The van der Waals surface area contributed by atoms with Gasteiger partial charge in [-0.2, -0.15) is 0 Å². The molecule has 4 rings (SSSR count). The van der Waals surface area contributed by atoms with Crippen molar-refractivity contribution in [2.75, 3.05) is 20.5 Å². The van der Waals surface area contributed by atoms with Gasteiger partial charge in [-0.3, -0.25) is 9.78 Å². The third kappa shape index (κ3) is 5.49. The van der Waals surface area contributed by atoms with E-state index in [-0.39, 0.29) is 10.8 Å². The average Bonchev–Trinajstić information content (AvgIpc) is 3.27. The van der Waals surface area contributed by atoms with E-state index in [1.54, 1.807) is 51.0 Å². The topological polar surface area (TPSA) is 123 Å². The smallest absolute Gasteiger partial charge is 0.244 e. The molecule has 0 spiro atoms. The quantitative estimate of drug-likeness (QED) is 0.362.